The van der Waals surface area contributed by atoms with Crippen molar-refractivity contribution in [3.8, 4) is 0 Å². The molecule has 0 unspecified atom stereocenters. The van der Waals surface area contributed by atoms with E-state index in [1.807, 2.05) is 31.3 Å². The number of hydrogen-bond donors (Lipinski definition) is 1. The van der Waals surface area contributed by atoms with E-state index in [2.05, 4.69) is 5.10 Å². The first-order valence-electron chi connectivity index (χ1n) is 4.81. The van der Waals surface area contributed by atoms with E-state index in [4.69, 9.17) is 5.11 Å². The van der Waals surface area contributed by atoms with Crippen molar-refractivity contribution in [2.75, 3.05) is 0 Å². The molecule has 2 rings (SSSR count). The molecule has 0 saturated carbocycles. The van der Waals surface area contributed by atoms with Gasteiger partial charge in [0.2, 0.25) is 0 Å². The number of carboxylic acid groups (broad SMARTS) is 1. The van der Waals surface area contributed by atoms with Crippen LogP contribution in [-0.2, 0) is 18.3 Å². The number of fused-ring (bicyclic) bond motifs is 1. The summed E-state index contributed by atoms with van der Waals surface area (Å²) in [4.78, 5) is 10.5. The lowest BCUT2D eigenvalue weighted by molar-refractivity contribution is -0.136. The Morgan fingerprint density at radius 3 is 2.93 bits per heavy atom. The zero-order chi connectivity index (χ0) is 10.8. The predicted molar refractivity (Wildman–Crippen MR) is 56.7 cm³/mol. The number of benzene rings is 1. The molecule has 4 heteroatoms. The van der Waals surface area contributed by atoms with E-state index < -0.39 is 5.97 Å². The van der Waals surface area contributed by atoms with Crippen LogP contribution < -0.4 is 0 Å². The Hall–Kier alpha value is -1.84. The average Bonchev–Trinajstić information content (AvgIpc) is 2.54. The van der Waals surface area contributed by atoms with Gasteiger partial charge in [-0.2, -0.15) is 5.10 Å². The minimum Gasteiger partial charge on any atom is -0.481 e. The Morgan fingerprint density at radius 2 is 2.20 bits per heavy atom. The summed E-state index contributed by atoms with van der Waals surface area (Å²) >= 11 is 0. The van der Waals surface area contributed by atoms with Crippen LogP contribution in [-0.4, -0.2) is 20.9 Å². The van der Waals surface area contributed by atoms with Gasteiger partial charge in [-0.15, -0.1) is 0 Å². The number of carbonyl (C=O) groups is 1. The van der Waals surface area contributed by atoms with Crippen LogP contribution in [0, 0.1) is 0 Å². The van der Waals surface area contributed by atoms with Crippen molar-refractivity contribution in [1.82, 2.24) is 9.78 Å². The SMILES string of the molecule is Cn1nc(CCC(=O)O)c2ccccc21. The summed E-state index contributed by atoms with van der Waals surface area (Å²) < 4.78 is 1.78. The maximum atomic E-state index is 10.5. The molecule has 0 saturated heterocycles. The highest BCUT2D eigenvalue weighted by Crippen LogP contribution is 2.18. The van der Waals surface area contributed by atoms with Crippen molar-refractivity contribution in [2.45, 2.75) is 12.8 Å². The van der Waals surface area contributed by atoms with Gasteiger partial charge in [0.15, 0.2) is 0 Å². The van der Waals surface area contributed by atoms with E-state index in [9.17, 15) is 4.79 Å². The molecular weight excluding hydrogens is 192 g/mol. The summed E-state index contributed by atoms with van der Waals surface area (Å²) in [6.45, 7) is 0. The summed E-state index contributed by atoms with van der Waals surface area (Å²) in [6.07, 6.45) is 0.609. The fourth-order valence-corrected chi connectivity index (χ4v) is 1.70. The number of carboxylic acids is 1. The zero-order valence-electron chi connectivity index (χ0n) is 8.47. The van der Waals surface area contributed by atoms with Crippen molar-refractivity contribution in [3.05, 3.63) is 30.0 Å². The minimum atomic E-state index is -0.787. The van der Waals surface area contributed by atoms with Gasteiger partial charge in [-0.3, -0.25) is 9.48 Å². The van der Waals surface area contributed by atoms with Gasteiger partial charge in [0.25, 0.3) is 0 Å². The second-order valence-corrected chi connectivity index (χ2v) is 3.48. The number of para-hydroxylation sites is 1. The van der Waals surface area contributed by atoms with Gasteiger partial charge in [0.1, 0.15) is 0 Å². The van der Waals surface area contributed by atoms with Crippen LogP contribution in [0.25, 0.3) is 10.9 Å². The molecule has 78 valence electrons. The molecule has 0 fully saturated rings. The van der Waals surface area contributed by atoms with Crippen LogP contribution in [0.4, 0.5) is 0 Å². The van der Waals surface area contributed by atoms with Gasteiger partial charge >= 0.3 is 5.97 Å². The van der Waals surface area contributed by atoms with Crippen molar-refractivity contribution in [3.63, 3.8) is 0 Å². The summed E-state index contributed by atoms with van der Waals surface area (Å²) in [6, 6.07) is 7.84. The molecule has 15 heavy (non-hydrogen) atoms. The van der Waals surface area contributed by atoms with Crippen LogP contribution in [0.5, 0.6) is 0 Å². The van der Waals surface area contributed by atoms with E-state index in [1.165, 1.54) is 0 Å². The number of aromatic nitrogens is 2. The van der Waals surface area contributed by atoms with Crippen LogP contribution in [0.1, 0.15) is 12.1 Å². The Kier molecular flexibility index (Phi) is 2.41. The lowest BCUT2D eigenvalue weighted by Gasteiger charge is -1.93. The van der Waals surface area contributed by atoms with Crippen molar-refractivity contribution in [2.24, 2.45) is 7.05 Å². The standard InChI is InChI=1S/C11H12N2O2/c1-13-10-5-3-2-4-8(10)9(12-13)6-7-11(14)15/h2-5H,6-7H2,1H3,(H,14,15). The molecule has 4 nitrogen and oxygen atoms in total. The van der Waals surface area contributed by atoms with Crippen molar-refractivity contribution in [1.29, 1.82) is 0 Å². The third kappa shape index (κ3) is 1.83. The highest BCUT2D eigenvalue weighted by molar-refractivity contribution is 5.82. The molecule has 2 aromatic rings. The summed E-state index contributed by atoms with van der Waals surface area (Å²) in [7, 11) is 1.87. The summed E-state index contributed by atoms with van der Waals surface area (Å²) in [5.41, 5.74) is 1.90. The predicted octanol–water partition coefficient (Wildman–Crippen LogP) is 1.59. The second kappa shape index (κ2) is 3.73. The number of rotatable bonds is 3. The van der Waals surface area contributed by atoms with E-state index in [0.29, 0.717) is 6.42 Å². The normalized spacial score (nSPS) is 10.7. The quantitative estimate of drug-likeness (QED) is 0.826. The Bertz CT molecular complexity index is 502. The minimum absolute atomic E-state index is 0.126. The molecule has 0 bridgehead atoms. The molecule has 0 aliphatic rings. The first-order valence-corrected chi connectivity index (χ1v) is 4.81. The van der Waals surface area contributed by atoms with Crippen LogP contribution in [0.2, 0.25) is 0 Å². The fraction of sp³-hybridized carbons (Fsp3) is 0.273. The smallest absolute Gasteiger partial charge is 0.303 e. The number of hydrogen-bond acceptors (Lipinski definition) is 2. The van der Waals surface area contributed by atoms with E-state index in [0.717, 1.165) is 16.6 Å². The first-order chi connectivity index (χ1) is 7.18. The molecule has 1 N–H and O–H groups in total. The lowest BCUT2D eigenvalue weighted by atomic mass is 10.1. The Labute approximate surface area is 87.1 Å². The monoisotopic (exact) mass is 204 g/mol. The lowest BCUT2D eigenvalue weighted by Crippen LogP contribution is -1.99. The molecule has 0 radical (unpaired) electrons. The molecule has 1 aromatic heterocycles. The fourth-order valence-electron chi connectivity index (χ4n) is 1.70. The van der Waals surface area contributed by atoms with E-state index >= 15 is 0 Å². The molecule has 0 aliphatic carbocycles. The van der Waals surface area contributed by atoms with E-state index in [-0.39, 0.29) is 6.42 Å². The zero-order valence-corrected chi connectivity index (χ0v) is 8.47. The van der Waals surface area contributed by atoms with Crippen molar-refractivity contribution >= 4 is 16.9 Å². The van der Waals surface area contributed by atoms with Crippen LogP contribution in [0.15, 0.2) is 24.3 Å². The van der Waals surface area contributed by atoms with Gasteiger partial charge in [-0.05, 0) is 6.07 Å². The van der Waals surface area contributed by atoms with Crippen LogP contribution >= 0.6 is 0 Å². The van der Waals surface area contributed by atoms with Gasteiger partial charge < -0.3 is 5.11 Å². The largest absolute Gasteiger partial charge is 0.481 e. The van der Waals surface area contributed by atoms with Crippen molar-refractivity contribution < 1.29 is 9.90 Å². The molecule has 0 atom stereocenters. The number of aryl methyl sites for hydroxylation is 2. The van der Waals surface area contributed by atoms with Gasteiger partial charge in [0, 0.05) is 18.9 Å². The summed E-state index contributed by atoms with van der Waals surface area (Å²) in [5.74, 6) is -0.787. The number of nitrogens with zero attached hydrogens (tertiary/aromatic N) is 2. The van der Waals surface area contributed by atoms with Gasteiger partial charge in [-0.1, -0.05) is 18.2 Å². The molecule has 0 amide bonds. The molecule has 0 spiro atoms. The molecule has 0 aliphatic heterocycles. The Morgan fingerprint density at radius 1 is 1.47 bits per heavy atom. The highest BCUT2D eigenvalue weighted by Gasteiger charge is 2.08. The number of aliphatic carboxylic acids is 1. The second-order valence-electron chi connectivity index (χ2n) is 3.48. The topological polar surface area (TPSA) is 55.1 Å². The third-order valence-corrected chi connectivity index (χ3v) is 2.41. The summed E-state index contributed by atoms with van der Waals surface area (Å²) in [5, 5.41) is 14.0. The maximum Gasteiger partial charge on any atom is 0.303 e. The average molecular weight is 204 g/mol. The maximum absolute atomic E-state index is 10.5. The first kappa shape index (κ1) is 9.71. The van der Waals surface area contributed by atoms with Gasteiger partial charge in [-0.25, -0.2) is 0 Å². The molecule has 1 heterocycles. The third-order valence-electron chi connectivity index (χ3n) is 2.41. The van der Waals surface area contributed by atoms with E-state index in [1.54, 1.807) is 4.68 Å². The Balaban J connectivity index is 2.39. The van der Waals surface area contributed by atoms with Gasteiger partial charge in [0.05, 0.1) is 17.6 Å². The molecular formula is C11H12N2O2. The highest BCUT2D eigenvalue weighted by atomic mass is 16.4. The molecule has 1 aromatic carbocycles. The van der Waals surface area contributed by atoms with Crippen LogP contribution in [0.3, 0.4) is 0 Å².